The molecular weight excluding hydrogens is 360 g/mol. The smallest absolute Gasteiger partial charge is 0.228 e. The van der Waals surface area contributed by atoms with Crippen LogP contribution >= 0.6 is 0 Å². The molecule has 1 atom stereocenters. The lowest BCUT2D eigenvalue weighted by Crippen LogP contribution is -2.39. The first kappa shape index (κ1) is 19.6. The van der Waals surface area contributed by atoms with Crippen LogP contribution in [0.25, 0.3) is 0 Å². The predicted octanol–water partition coefficient (Wildman–Crippen LogP) is 3.12. The SMILES string of the molecule is Cc1ccc(CN(CCC(=O)N2c3ccccc3CC2C)S(C)(=O)=O)cc1. The minimum Gasteiger partial charge on any atom is -0.309 e. The van der Waals surface area contributed by atoms with E-state index in [9.17, 15) is 13.2 Å². The van der Waals surface area contributed by atoms with Crippen molar-refractivity contribution in [1.82, 2.24) is 4.31 Å². The highest BCUT2D eigenvalue weighted by Crippen LogP contribution is 2.32. The average molecular weight is 387 g/mol. The second kappa shape index (κ2) is 7.82. The average Bonchev–Trinajstić information content (AvgIpc) is 2.94. The quantitative estimate of drug-likeness (QED) is 0.766. The summed E-state index contributed by atoms with van der Waals surface area (Å²) in [5.74, 6) is -0.0370. The van der Waals surface area contributed by atoms with E-state index in [-0.39, 0.29) is 31.5 Å². The molecule has 0 bridgehead atoms. The number of anilines is 1. The molecule has 1 amide bonds. The number of benzene rings is 2. The number of sulfonamides is 1. The van der Waals surface area contributed by atoms with Gasteiger partial charge in [-0.15, -0.1) is 0 Å². The highest BCUT2D eigenvalue weighted by molar-refractivity contribution is 7.88. The second-order valence-electron chi connectivity index (χ2n) is 7.28. The minimum atomic E-state index is -3.40. The Morgan fingerprint density at radius 1 is 1.15 bits per heavy atom. The largest absolute Gasteiger partial charge is 0.309 e. The minimum absolute atomic E-state index is 0.0370. The normalized spacial score (nSPS) is 16.6. The van der Waals surface area contributed by atoms with Crippen molar-refractivity contribution in [1.29, 1.82) is 0 Å². The molecule has 27 heavy (non-hydrogen) atoms. The van der Waals surface area contributed by atoms with Gasteiger partial charge in [-0.3, -0.25) is 4.79 Å². The Balaban J connectivity index is 1.70. The van der Waals surface area contributed by atoms with Gasteiger partial charge in [0.15, 0.2) is 0 Å². The second-order valence-corrected chi connectivity index (χ2v) is 9.26. The molecule has 144 valence electrons. The Bertz CT molecular complexity index is 923. The van der Waals surface area contributed by atoms with Crippen LogP contribution in [-0.2, 0) is 27.8 Å². The van der Waals surface area contributed by atoms with Crippen molar-refractivity contribution in [3.8, 4) is 0 Å². The van der Waals surface area contributed by atoms with E-state index in [1.165, 1.54) is 10.6 Å². The lowest BCUT2D eigenvalue weighted by molar-refractivity contribution is -0.119. The fourth-order valence-corrected chi connectivity index (χ4v) is 4.35. The van der Waals surface area contributed by atoms with Gasteiger partial charge in [-0.1, -0.05) is 48.0 Å². The topological polar surface area (TPSA) is 57.7 Å². The molecule has 0 N–H and O–H groups in total. The monoisotopic (exact) mass is 386 g/mol. The molecule has 0 saturated heterocycles. The van der Waals surface area contributed by atoms with Crippen LogP contribution < -0.4 is 4.90 Å². The number of rotatable bonds is 6. The number of carbonyl (C=O) groups excluding carboxylic acids is 1. The number of para-hydroxylation sites is 1. The van der Waals surface area contributed by atoms with E-state index >= 15 is 0 Å². The number of nitrogens with zero attached hydrogens (tertiary/aromatic N) is 2. The summed E-state index contributed by atoms with van der Waals surface area (Å²) in [6, 6.07) is 15.8. The number of hydrogen-bond donors (Lipinski definition) is 0. The van der Waals surface area contributed by atoms with Crippen LogP contribution in [0, 0.1) is 6.92 Å². The van der Waals surface area contributed by atoms with E-state index in [0.29, 0.717) is 0 Å². The third kappa shape index (κ3) is 4.57. The van der Waals surface area contributed by atoms with Crippen LogP contribution in [0.1, 0.15) is 30.0 Å². The van der Waals surface area contributed by atoms with Crippen LogP contribution in [-0.4, -0.2) is 37.5 Å². The van der Waals surface area contributed by atoms with Crippen LogP contribution in [0.3, 0.4) is 0 Å². The highest BCUT2D eigenvalue weighted by atomic mass is 32.2. The Labute approximate surface area is 161 Å². The molecule has 3 rings (SSSR count). The van der Waals surface area contributed by atoms with Crippen molar-refractivity contribution >= 4 is 21.6 Å². The fourth-order valence-electron chi connectivity index (χ4n) is 3.55. The van der Waals surface area contributed by atoms with Gasteiger partial charge in [0.1, 0.15) is 0 Å². The molecule has 0 saturated carbocycles. The van der Waals surface area contributed by atoms with E-state index in [2.05, 4.69) is 0 Å². The Morgan fingerprint density at radius 2 is 1.81 bits per heavy atom. The van der Waals surface area contributed by atoms with Crippen molar-refractivity contribution in [2.75, 3.05) is 17.7 Å². The number of aryl methyl sites for hydroxylation is 1. The maximum Gasteiger partial charge on any atom is 0.228 e. The Morgan fingerprint density at radius 3 is 2.48 bits per heavy atom. The molecule has 1 aliphatic heterocycles. The van der Waals surface area contributed by atoms with E-state index in [1.807, 2.05) is 67.3 Å². The number of carbonyl (C=O) groups is 1. The third-order valence-corrected chi connectivity index (χ3v) is 6.25. The van der Waals surface area contributed by atoms with Crippen molar-refractivity contribution in [2.45, 2.75) is 39.3 Å². The molecule has 0 radical (unpaired) electrons. The Hall–Kier alpha value is -2.18. The van der Waals surface area contributed by atoms with Crippen molar-refractivity contribution in [3.05, 3.63) is 65.2 Å². The Kier molecular flexibility index (Phi) is 5.67. The summed E-state index contributed by atoms with van der Waals surface area (Å²) in [6.45, 7) is 4.47. The van der Waals surface area contributed by atoms with Crippen molar-refractivity contribution in [3.63, 3.8) is 0 Å². The molecule has 0 aliphatic carbocycles. The van der Waals surface area contributed by atoms with Gasteiger partial charge in [-0.05, 0) is 37.5 Å². The van der Waals surface area contributed by atoms with Crippen molar-refractivity contribution in [2.24, 2.45) is 0 Å². The summed E-state index contributed by atoms with van der Waals surface area (Å²) >= 11 is 0. The summed E-state index contributed by atoms with van der Waals surface area (Å²) in [6.07, 6.45) is 2.19. The first-order chi connectivity index (χ1) is 12.8. The molecule has 2 aromatic rings. The number of hydrogen-bond acceptors (Lipinski definition) is 3. The van der Waals surface area contributed by atoms with Gasteiger partial charge < -0.3 is 4.90 Å². The molecule has 6 heteroatoms. The van der Waals surface area contributed by atoms with Gasteiger partial charge >= 0.3 is 0 Å². The lowest BCUT2D eigenvalue weighted by atomic mass is 10.1. The molecule has 2 aromatic carbocycles. The van der Waals surface area contributed by atoms with Crippen LogP contribution in [0.2, 0.25) is 0 Å². The first-order valence-corrected chi connectivity index (χ1v) is 11.0. The van der Waals surface area contributed by atoms with E-state index < -0.39 is 10.0 Å². The van der Waals surface area contributed by atoms with Gasteiger partial charge in [0.2, 0.25) is 15.9 Å². The van der Waals surface area contributed by atoms with Gasteiger partial charge in [-0.25, -0.2) is 8.42 Å². The van der Waals surface area contributed by atoms with E-state index in [4.69, 9.17) is 0 Å². The van der Waals surface area contributed by atoms with Gasteiger partial charge in [-0.2, -0.15) is 4.31 Å². The molecule has 1 aliphatic rings. The van der Waals surface area contributed by atoms with Gasteiger partial charge in [0.25, 0.3) is 0 Å². The van der Waals surface area contributed by atoms with Gasteiger partial charge in [0, 0.05) is 31.2 Å². The zero-order chi connectivity index (χ0) is 19.6. The standard InChI is InChI=1S/C21H26N2O3S/c1-16-8-10-18(11-9-16)15-22(27(3,25)26)13-12-21(24)23-17(2)14-19-6-4-5-7-20(19)23/h4-11,17H,12-15H2,1-3H3. The fraction of sp³-hybridized carbons (Fsp3) is 0.381. The molecule has 0 fully saturated rings. The number of amides is 1. The molecule has 0 spiro atoms. The first-order valence-electron chi connectivity index (χ1n) is 9.16. The maximum atomic E-state index is 12.9. The molecule has 1 unspecified atom stereocenters. The zero-order valence-corrected chi connectivity index (χ0v) is 16.9. The summed E-state index contributed by atoms with van der Waals surface area (Å²) in [4.78, 5) is 14.7. The molecule has 1 heterocycles. The van der Waals surface area contributed by atoms with Crippen molar-refractivity contribution < 1.29 is 13.2 Å². The molecule has 0 aromatic heterocycles. The predicted molar refractivity (Wildman–Crippen MR) is 108 cm³/mol. The van der Waals surface area contributed by atoms with Crippen LogP contribution in [0.5, 0.6) is 0 Å². The molecule has 5 nitrogen and oxygen atoms in total. The highest BCUT2D eigenvalue weighted by Gasteiger charge is 2.31. The summed E-state index contributed by atoms with van der Waals surface area (Å²) in [5, 5.41) is 0. The van der Waals surface area contributed by atoms with Crippen LogP contribution in [0.4, 0.5) is 5.69 Å². The zero-order valence-electron chi connectivity index (χ0n) is 16.1. The summed E-state index contributed by atoms with van der Waals surface area (Å²) in [5.41, 5.74) is 4.15. The lowest BCUT2D eigenvalue weighted by Gasteiger charge is -2.25. The van der Waals surface area contributed by atoms with Crippen LogP contribution in [0.15, 0.2) is 48.5 Å². The van der Waals surface area contributed by atoms with Gasteiger partial charge in [0.05, 0.1) is 6.26 Å². The maximum absolute atomic E-state index is 12.9. The number of fused-ring (bicyclic) bond motifs is 1. The summed E-state index contributed by atoms with van der Waals surface area (Å²) in [7, 11) is -3.40. The van der Waals surface area contributed by atoms with E-state index in [0.717, 1.165) is 28.8 Å². The molecular formula is C21H26N2O3S. The van der Waals surface area contributed by atoms with E-state index in [1.54, 1.807) is 0 Å². The third-order valence-electron chi connectivity index (χ3n) is 5.00. The summed E-state index contributed by atoms with van der Waals surface area (Å²) < 4.78 is 25.8.